The molecular formula is C49H54N8O6. The minimum atomic E-state index is -0.725. The predicted molar refractivity (Wildman–Crippen MR) is 247 cm³/mol. The van der Waals surface area contributed by atoms with E-state index in [-0.39, 0.29) is 41.8 Å². The number of fused-ring (bicyclic) bond motifs is 3. The molecule has 3 unspecified atom stereocenters. The van der Waals surface area contributed by atoms with Crippen LogP contribution in [-0.4, -0.2) is 102 Å². The quantitative estimate of drug-likeness (QED) is 0.131. The van der Waals surface area contributed by atoms with Crippen molar-refractivity contribution in [2.75, 3.05) is 32.6 Å². The normalized spacial score (nSPS) is 19.7. The third kappa shape index (κ3) is 8.98. The zero-order chi connectivity index (χ0) is 44.4. The number of amides is 4. The van der Waals surface area contributed by atoms with Gasteiger partial charge in [0.1, 0.15) is 5.82 Å². The van der Waals surface area contributed by atoms with Gasteiger partial charge in [-0.15, -0.1) is 0 Å². The number of nitrogens with zero attached hydrogens (tertiary/aromatic N) is 6. The van der Waals surface area contributed by atoms with E-state index in [4.69, 9.17) is 9.98 Å². The fourth-order valence-electron chi connectivity index (χ4n) is 9.05. The highest BCUT2D eigenvalue weighted by molar-refractivity contribution is 5.99. The average molecular weight is 851 g/mol. The molecule has 4 aromatic carbocycles. The summed E-state index contributed by atoms with van der Waals surface area (Å²) >= 11 is 0. The van der Waals surface area contributed by atoms with Gasteiger partial charge in [-0.3, -0.25) is 14.6 Å². The molecule has 0 spiro atoms. The van der Waals surface area contributed by atoms with Crippen molar-refractivity contribution in [3.63, 3.8) is 0 Å². The van der Waals surface area contributed by atoms with Crippen LogP contribution >= 0.6 is 0 Å². The Morgan fingerprint density at radius 2 is 1.29 bits per heavy atom. The number of aromatic amines is 1. The first-order chi connectivity index (χ1) is 30.4. The molecule has 0 bridgehead atoms. The fraction of sp³-hybridized carbons (Fsp3) is 0.388. The Labute approximate surface area is 366 Å². The first-order valence-corrected chi connectivity index (χ1v) is 21.8. The molecule has 326 valence electrons. The second kappa shape index (κ2) is 18.3. The number of hydrogen-bond donors (Lipinski definition) is 2. The molecule has 4 heterocycles. The zero-order valence-electron chi connectivity index (χ0n) is 36.6. The van der Waals surface area contributed by atoms with E-state index in [0.29, 0.717) is 13.1 Å². The SMILES string of the molecule is COC(=O)N=CC(C(=O)N1CCC[C@H]1c1nc2ccc(-c3ccc4ccc(-c5ccc6c(c5)N=CC([C@@H]5CCCN5C(=O)C(C=NC(=O)OC)C(C)C)N6)cc4c3)cc2[nH]1)C(C)C. The van der Waals surface area contributed by atoms with Gasteiger partial charge < -0.3 is 29.6 Å². The molecule has 2 fully saturated rings. The summed E-state index contributed by atoms with van der Waals surface area (Å²) < 4.78 is 9.31. The van der Waals surface area contributed by atoms with Gasteiger partial charge in [-0.2, -0.15) is 9.98 Å². The number of carbonyl (C=O) groups is 4. The number of hydrogen-bond acceptors (Lipinski definition) is 9. The van der Waals surface area contributed by atoms with E-state index in [2.05, 4.69) is 96.5 Å². The van der Waals surface area contributed by atoms with Crippen molar-refractivity contribution in [1.29, 1.82) is 0 Å². The Hall–Kier alpha value is -6.70. The van der Waals surface area contributed by atoms with E-state index in [1.165, 1.54) is 26.6 Å². The highest BCUT2D eigenvalue weighted by Crippen LogP contribution is 2.38. The van der Waals surface area contributed by atoms with Gasteiger partial charge in [0.25, 0.3) is 0 Å². The van der Waals surface area contributed by atoms with Gasteiger partial charge in [0, 0.05) is 31.7 Å². The van der Waals surface area contributed by atoms with Gasteiger partial charge in [-0.1, -0.05) is 64.1 Å². The van der Waals surface area contributed by atoms with Gasteiger partial charge in [0.05, 0.1) is 66.6 Å². The molecule has 14 heteroatoms. The summed E-state index contributed by atoms with van der Waals surface area (Å²) in [4.78, 5) is 75.8. The summed E-state index contributed by atoms with van der Waals surface area (Å²) in [6.07, 6.45) is 6.68. The van der Waals surface area contributed by atoms with Gasteiger partial charge in [-0.05, 0) is 107 Å². The maximum atomic E-state index is 13.8. The lowest BCUT2D eigenvalue weighted by Crippen LogP contribution is -2.50. The van der Waals surface area contributed by atoms with Crippen LogP contribution in [0.1, 0.15) is 65.2 Å². The Kier molecular flexibility index (Phi) is 12.5. The number of aliphatic imine (C=N–C) groups is 3. The molecule has 4 amide bonds. The summed E-state index contributed by atoms with van der Waals surface area (Å²) in [7, 11) is 2.54. The van der Waals surface area contributed by atoms with Crippen molar-refractivity contribution in [1.82, 2.24) is 19.8 Å². The summed E-state index contributed by atoms with van der Waals surface area (Å²) in [6, 6.07) is 25.0. The monoisotopic (exact) mass is 850 g/mol. The molecule has 14 nitrogen and oxygen atoms in total. The Bertz CT molecular complexity index is 2650. The van der Waals surface area contributed by atoms with E-state index in [1.54, 1.807) is 0 Å². The number of imidazole rings is 1. The van der Waals surface area contributed by atoms with E-state index in [0.717, 1.165) is 86.9 Å². The fourth-order valence-corrected chi connectivity index (χ4v) is 9.05. The second-order valence-electron chi connectivity index (χ2n) is 17.3. The minimum absolute atomic E-state index is 0.0383. The van der Waals surface area contributed by atoms with Gasteiger partial charge in [0.15, 0.2) is 0 Å². The van der Waals surface area contributed by atoms with Crippen molar-refractivity contribution < 1.29 is 28.7 Å². The third-order valence-electron chi connectivity index (χ3n) is 12.6. The molecule has 8 rings (SSSR count). The molecule has 3 aliphatic rings. The summed E-state index contributed by atoms with van der Waals surface area (Å²) in [6.45, 7) is 9.04. The molecular weight excluding hydrogens is 797 g/mol. The van der Waals surface area contributed by atoms with Crippen LogP contribution in [0.25, 0.3) is 44.1 Å². The van der Waals surface area contributed by atoms with E-state index in [1.807, 2.05) is 49.8 Å². The Balaban J connectivity index is 0.982. The van der Waals surface area contributed by atoms with Crippen LogP contribution in [0.5, 0.6) is 0 Å². The second-order valence-corrected chi connectivity index (χ2v) is 17.3. The number of benzene rings is 4. The predicted octanol–water partition coefficient (Wildman–Crippen LogP) is 9.42. The molecule has 2 saturated heterocycles. The van der Waals surface area contributed by atoms with Gasteiger partial charge >= 0.3 is 12.2 Å². The first kappa shape index (κ1) is 43.0. The van der Waals surface area contributed by atoms with E-state index in [9.17, 15) is 19.2 Å². The molecule has 5 atom stereocenters. The molecule has 0 saturated carbocycles. The van der Waals surface area contributed by atoms with Crippen LogP contribution in [0.2, 0.25) is 0 Å². The summed E-state index contributed by atoms with van der Waals surface area (Å²) in [5, 5.41) is 5.88. The number of carbonyl (C=O) groups excluding carboxylic acids is 4. The van der Waals surface area contributed by atoms with Crippen LogP contribution in [0, 0.1) is 23.7 Å². The standard InChI is InChI=1S/C49H54N8O6/c1-28(2)36(25-51-48(60)62-5)46(58)56-19-7-9-43(56)42-27-50-40-23-33(15-17-38(40)53-42)31-13-11-30-12-14-32(22-35(30)21-31)34-16-18-39-41(24-34)55-45(54-39)44-10-8-20-57(44)47(59)37(29(3)4)26-52-49(61)63-6/h11-18,21-29,36-37,42-44,53H,7-10,19-20H2,1-6H3,(H,54,55)/t36?,37?,42?,43-,44-/m0/s1. The lowest BCUT2D eigenvalue weighted by molar-refractivity contribution is -0.136. The zero-order valence-corrected chi connectivity index (χ0v) is 36.6. The Morgan fingerprint density at radius 1 is 0.714 bits per heavy atom. The molecule has 5 aromatic rings. The molecule has 63 heavy (non-hydrogen) atoms. The maximum Gasteiger partial charge on any atom is 0.432 e. The van der Waals surface area contributed by atoms with E-state index < -0.39 is 24.0 Å². The van der Waals surface area contributed by atoms with E-state index >= 15 is 0 Å². The van der Waals surface area contributed by atoms with Crippen LogP contribution < -0.4 is 5.32 Å². The van der Waals surface area contributed by atoms with Crippen LogP contribution in [-0.2, 0) is 19.1 Å². The highest BCUT2D eigenvalue weighted by atomic mass is 16.5. The number of anilines is 1. The lowest BCUT2D eigenvalue weighted by atomic mass is 9.94. The Morgan fingerprint density at radius 3 is 1.94 bits per heavy atom. The van der Waals surface area contributed by atoms with Gasteiger partial charge in [-0.25, -0.2) is 14.6 Å². The summed E-state index contributed by atoms with van der Waals surface area (Å²) in [5.74, 6) is -0.553. The number of aromatic nitrogens is 2. The average Bonchev–Trinajstić information content (AvgIpc) is 4.08. The van der Waals surface area contributed by atoms with Crippen LogP contribution in [0.4, 0.5) is 21.0 Å². The number of methoxy groups -OCH3 is 2. The molecule has 0 radical (unpaired) electrons. The van der Waals surface area contributed by atoms with Crippen molar-refractivity contribution >= 4 is 75.8 Å². The number of ether oxygens (including phenoxy) is 2. The first-order valence-electron chi connectivity index (χ1n) is 21.8. The van der Waals surface area contributed by atoms with Crippen LogP contribution in [0.15, 0.2) is 87.8 Å². The molecule has 1 aromatic heterocycles. The molecule has 2 N–H and O–H groups in total. The summed E-state index contributed by atoms with van der Waals surface area (Å²) in [5.41, 5.74) is 7.70. The number of nitrogens with one attached hydrogen (secondary N) is 2. The number of likely N-dealkylation sites (tertiary alicyclic amines) is 2. The van der Waals surface area contributed by atoms with Crippen molar-refractivity contribution in [2.24, 2.45) is 38.6 Å². The number of rotatable bonds is 10. The van der Waals surface area contributed by atoms with Crippen molar-refractivity contribution in [3.8, 4) is 22.3 Å². The molecule has 3 aliphatic heterocycles. The number of H-pyrrole nitrogens is 1. The minimum Gasteiger partial charge on any atom is -0.451 e. The van der Waals surface area contributed by atoms with Crippen molar-refractivity contribution in [3.05, 3.63) is 78.6 Å². The third-order valence-corrected chi connectivity index (χ3v) is 12.6. The molecule has 0 aliphatic carbocycles. The van der Waals surface area contributed by atoms with Crippen LogP contribution in [0.3, 0.4) is 0 Å². The van der Waals surface area contributed by atoms with Crippen molar-refractivity contribution in [2.45, 2.75) is 71.5 Å². The van der Waals surface area contributed by atoms with Gasteiger partial charge in [0.2, 0.25) is 11.8 Å². The topological polar surface area (TPSA) is 171 Å². The highest BCUT2D eigenvalue weighted by Gasteiger charge is 2.39. The smallest absolute Gasteiger partial charge is 0.432 e. The largest absolute Gasteiger partial charge is 0.451 e. The maximum absolute atomic E-state index is 13.8. The lowest BCUT2D eigenvalue weighted by Gasteiger charge is -2.34.